The fourth-order valence-electron chi connectivity index (χ4n) is 1.62. The van der Waals surface area contributed by atoms with Crippen LogP contribution in [0, 0.1) is 0 Å². The maximum absolute atomic E-state index is 5.97. The maximum atomic E-state index is 5.97. The number of imidazole rings is 1. The largest absolute Gasteiger partial charge is 0.495 e. The Kier molecular flexibility index (Phi) is 3.63. The summed E-state index contributed by atoms with van der Waals surface area (Å²) in [4.78, 5) is 7.18. The van der Waals surface area contributed by atoms with Gasteiger partial charge in [0.2, 0.25) is 0 Å². The molecule has 4 N–H and O–H groups in total. The highest BCUT2D eigenvalue weighted by Crippen LogP contribution is 2.29. The molecule has 1 aromatic heterocycles. The highest BCUT2D eigenvalue weighted by Gasteiger charge is 2.16. The molecule has 0 bridgehead atoms. The first-order chi connectivity index (χ1) is 8.26. The summed E-state index contributed by atoms with van der Waals surface area (Å²) in [5.74, 6) is 6.88. The number of nitrogens with one attached hydrogen (secondary N) is 2. The Morgan fingerprint density at radius 2 is 2.35 bits per heavy atom. The number of benzene rings is 1. The molecule has 90 valence electrons. The van der Waals surface area contributed by atoms with Crippen LogP contribution in [0.25, 0.3) is 0 Å². The number of nitrogens with zero attached hydrogens (tertiary/aromatic N) is 1. The Labute approximate surface area is 104 Å². The van der Waals surface area contributed by atoms with Gasteiger partial charge in [-0.15, -0.1) is 0 Å². The van der Waals surface area contributed by atoms with Crippen molar-refractivity contribution in [1.29, 1.82) is 0 Å². The first-order valence-electron chi connectivity index (χ1n) is 5.05. The zero-order chi connectivity index (χ0) is 12.3. The van der Waals surface area contributed by atoms with Crippen LogP contribution in [-0.4, -0.2) is 17.1 Å². The average Bonchev–Trinajstić information content (AvgIpc) is 2.86. The predicted molar refractivity (Wildman–Crippen MR) is 65.8 cm³/mol. The second-order valence-corrected chi connectivity index (χ2v) is 3.88. The van der Waals surface area contributed by atoms with E-state index < -0.39 is 0 Å². The molecular formula is C11H13ClN4O. The number of halogens is 1. The molecule has 0 radical (unpaired) electrons. The predicted octanol–water partition coefficient (Wildman–Crippen LogP) is 1.62. The third-order valence-corrected chi connectivity index (χ3v) is 2.78. The second-order valence-electron chi connectivity index (χ2n) is 3.47. The fraction of sp³-hybridized carbons (Fsp3) is 0.182. The molecule has 1 atom stereocenters. The normalized spacial score (nSPS) is 12.4. The van der Waals surface area contributed by atoms with Gasteiger partial charge in [0.05, 0.1) is 12.1 Å². The van der Waals surface area contributed by atoms with E-state index in [0.717, 1.165) is 11.4 Å². The number of hydrazine groups is 1. The van der Waals surface area contributed by atoms with Crippen LogP contribution in [0.15, 0.2) is 30.6 Å². The lowest BCUT2D eigenvalue weighted by Crippen LogP contribution is -2.29. The molecule has 0 saturated heterocycles. The highest BCUT2D eigenvalue weighted by molar-refractivity contribution is 6.32. The van der Waals surface area contributed by atoms with Crippen molar-refractivity contribution in [2.75, 3.05) is 7.11 Å². The van der Waals surface area contributed by atoms with Crippen LogP contribution < -0.4 is 16.0 Å². The zero-order valence-corrected chi connectivity index (χ0v) is 10.0. The summed E-state index contributed by atoms with van der Waals surface area (Å²) in [5, 5.41) is 0.562. The van der Waals surface area contributed by atoms with Crippen molar-refractivity contribution in [3.05, 3.63) is 47.0 Å². The Morgan fingerprint density at radius 3 is 2.94 bits per heavy atom. The van der Waals surface area contributed by atoms with E-state index in [1.165, 1.54) is 0 Å². The van der Waals surface area contributed by atoms with Gasteiger partial charge >= 0.3 is 0 Å². The van der Waals surface area contributed by atoms with Crippen molar-refractivity contribution < 1.29 is 4.74 Å². The smallest absolute Gasteiger partial charge is 0.137 e. The van der Waals surface area contributed by atoms with Crippen LogP contribution in [0.1, 0.15) is 17.4 Å². The van der Waals surface area contributed by atoms with E-state index in [-0.39, 0.29) is 6.04 Å². The average molecular weight is 253 g/mol. The van der Waals surface area contributed by atoms with E-state index in [2.05, 4.69) is 15.4 Å². The summed E-state index contributed by atoms with van der Waals surface area (Å²) < 4.78 is 5.17. The van der Waals surface area contributed by atoms with Crippen LogP contribution in [-0.2, 0) is 0 Å². The molecule has 0 aliphatic carbocycles. The minimum atomic E-state index is -0.226. The van der Waals surface area contributed by atoms with E-state index in [1.54, 1.807) is 25.6 Å². The van der Waals surface area contributed by atoms with Crippen molar-refractivity contribution in [2.45, 2.75) is 6.04 Å². The molecule has 17 heavy (non-hydrogen) atoms. The van der Waals surface area contributed by atoms with E-state index in [0.29, 0.717) is 10.8 Å². The number of nitrogens with two attached hydrogens (primary N) is 1. The van der Waals surface area contributed by atoms with E-state index in [1.807, 2.05) is 12.1 Å². The first-order valence-corrected chi connectivity index (χ1v) is 5.43. The van der Waals surface area contributed by atoms with Crippen LogP contribution in [0.5, 0.6) is 5.75 Å². The van der Waals surface area contributed by atoms with Gasteiger partial charge in [-0.1, -0.05) is 17.7 Å². The monoisotopic (exact) mass is 252 g/mol. The van der Waals surface area contributed by atoms with Gasteiger partial charge in [0.25, 0.3) is 0 Å². The summed E-state index contributed by atoms with van der Waals surface area (Å²) in [6.45, 7) is 0. The first kappa shape index (κ1) is 11.9. The molecule has 0 spiro atoms. The highest BCUT2D eigenvalue weighted by atomic mass is 35.5. The topological polar surface area (TPSA) is 76.0 Å². The van der Waals surface area contributed by atoms with Gasteiger partial charge in [-0.05, 0) is 17.7 Å². The Morgan fingerprint density at radius 1 is 1.53 bits per heavy atom. The van der Waals surface area contributed by atoms with E-state index in [4.69, 9.17) is 22.2 Å². The van der Waals surface area contributed by atoms with Gasteiger partial charge in [-0.25, -0.2) is 10.4 Å². The summed E-state index contributed by atoms with van der Waals surface area (Å²) in [6, 6.07) is 5.24. The number of methoxy groups -OCH3 is 1. The summed E-state index contributed by atoms with van der Waals surface area (Å²) in [6.07, 6.45) is 3.42. The number of H-pyrrole nitrogens is 1. The van der Waals surface area contributed by atoms with Gasteiger partial charge in [-0.3, -0.25) is 5.84 Å². The van der Waals surface area contributed by atoms with Gasteiger partial charge in [0.15, 0.2) is 0 Å². The minimum absolute atomic E-state index is 0.226. The lowest BCUT2D eigenvalue weighted by Gasteiger charge is -2.15. The second kappa shape index (κ2) is 5.18. The minimum Gasteiger partial charge on any atom is -0.495 e. The van der Waals surface area contributed by atoms with Crippen molar-refractivity contribution in [3.63, 3.8) is 0 Å². The molecule has 2 rings (SSSR count). The van der Waals surface area contributed by atoms with Crippen molar-refractivity contribution in [2.24, 2.45) is 5.84 Å². The maximum Gasteiger partial charge on any atom is 0.137 e. The Balaban J connectivity index is 2.38. The molecule has 0 aliphatic rings. The van der Waals surface area contributed by atoms with Crippen LogP contribution in [0.2, 0.25) is 5.02 Å². The summed E-state index contributed by atoms with van der Waals surface area (Å²) in [7, 11) is 1.57. The molecule has 0 fully saturated rings. The van der Waals surface area contributed by atoms with E-state index >= 15 is 0 Å². The van der Waals surface area contributed by atoms with Crippen molar-refractivity contribution >= 4 is 11.6 Å². The third kappa shape index (κ3) is 2.41. The van der Waals surface area contributed by atoms with Crippen molar-refractivity contribution in [1.82, 2.24) is 15.4 Å². The fourth-order valence-corrected chi connectivity index (χ4v) is 1.82. The third-order valence-electron chi connectivity index (χ3n) is 2.47. The molecule has 0 amide bonds. The standard InChI is InChI=1S/C11H13ClN4O/c1-17-9-6-7(2-3-8(9)12)10(16-13)11-14-4-5-15-11/h2-6,10,16H,13H2,1H3,(H,14,15). The Hall–Kier alpha value is -1.56. The Bertz CT molecular complexity index is 486. The number of ether oxygens (including phenoxy) is 1. The molecule has 1 heterocycles. The molecule has 0 aliphatic heterocycles. The lowest BCUT2D eigenvalue weighted by molar-refractivity contribution is 0.413. The van der Waals surface area contributed by atoms with Gasteiger partial charge in [0.1, 0.15) is 17.6 Å². The van der Waals surface area contributed by atoms with Gasteiger partial charge in [0, 0.05) is 12.4 Å². The molecule has 1 aromatic carbocycles. The van der Waals surface area contributed by atoms with Gasteiger partial charge < -0.3 is 9.72 Å². The van der Waals surface area contributed by atoms with Gasteiger partial charge in [-0.2, -0.15) is 0 Å². The molecule has 5 nitrogen and oxygen atoms in total. The quantitative estimate of drug-likeness (QED) is 0.571. The number of aromatic amines is 1. The number of hydrogen-bond donors (Lipinski definition) is 3. The number of rotatable bonds is 4. The number of hydrogen-bond acceptors (Lipinski definition) is 4. The summed E-state index contributed by atoms with van der Waals surface area (Å²) in [5.41, 5.74) is 3.62. The lowest BCUT2D eigenvalue weighted by atomic mass is 10.1. The van der Waals surface area contributed by atoms with Crippen LogP contribution in [0.4, 0.5) is 0 Å². The molecule has 1 unspecified atom stereocenters. The molecule has 0 saturated carbocycles. The number of aromatic nitrogens is 2. The SMILES string of the molecule is COc1cc(C(NN)c2ncc[nH]2)ccc1Cl. The van der Waals surface area contributed by atoms with Crippen LogP contribution >= 0.6 is 11.6 Å². The molecule has 6 heteroatoms. The molecular weight excluding hydrogens is 240 g/mol. The summed E-state index contributed by atoms with van der Waals surface area (Å²) >= 11 is 5.97. The van der Waals surface area contributed by atoms with E-state index in [9.17, 15) is 0 Å². The zero-order valence-electron chi connectivity index (χ0n) is 9.27. The van der Waals surface area contributed by atoms with Crippen LogP contribution in [0.3, 0.4) is 0 Å². The molecule has 2 aromatic rings. The van der Waals surface area contributed by atoms with Crippen molar-refractivity contribution in [3.8, 4) is 5.75 Å².